The van der Waals surface area contributed by atoms with Gasteiger partial charge in [0.2, 0.25) is 0 Å². The molecule has 0 radical (unpaired) electrons. The zero-order valence-electron chi connectivity index (χ0n) is 11.0. The molecule has 2 aromatic rings. The fourth-order valence-electron chi connectivity index (χ4n) is 1.58. The van der Waals surface area contributed by atoms with Gasteiger partial charge in [-0.15, -0.1) is 11.3 Å². The molecule has 0 fully saturated rings. The molecular weight excluding hydrogens is 338 g/mol. The molecule has 1 N–H and O–H groups in total. The molecule has 8 heteroatoms. The Morgan fingerprint density at radius 2 is 2.10 bits per heavy atom. The summed E-state index contributed by atoms with van der Waals surface area (Å²) in [6.45, 7) is 0. The Morgan fingerprint density at radius 1 is 1.43 bits per heavy atom. The lowest BCUT2D eigenvalue weighted by Gasteiger charge is -2.07. The van der Waals surface area contributed by atoms with E-state index < -0.39 is 5.82 Å². The zero-order chi connectivity index (χ0) is 15.4. The van der Waals surface area contributed by atoms with E-state index in [2.05, 4.69) is 15.0 Å². The number of carbonyl (C=O) groups excluding carboxylic acids is 1. The van der Waals surface area contributed by atoms with Crippen LogP contribution in [0.2, 0.25) is 10.0 Å². The van der Waals surface area contributed by atoms with Crippen molar-refractivity contribution in [3.8, 4) is 0 Å². The molecule has 0 amide bonds. The maximum absolute atomic E-state index is 13.1. The second-order valence-electron chi connectivity index (χ2n) is 4.09. The Hall–Kier alpha value is -1.37. The maximum Gasteiger partial charge on any atom is 0.305 e. The maximum atomic E-state index is 13.1. The number of hydrogen-bond acceptors (Lipinski definition) is 5. The largest absolute Gasteiger partial charge is 0.469 e. The van der Waals surface area contributed by atoms with E-state index in [0.717, 1.165) is 5.69 Å². The molecule has 0 saturated carbocycles. The average Bonchev–Trinajstić information content (AvgIpc) is 2.88. The zero-order valence-corrected chi connectivity index (χ0v) is 13.3. The van der Waals surface area contributed by atoms with Crippen molar-refractivity contribution in [2.24, 2.45) is 0 Å². The Labute approximate surface area is 134 Å². The first-order chi connectivity index (χ1) is 9.99. The van der Waals surface area contributed by atoms with Crippen LogP contribution in [0.25, 0.3) is 0 Å². The van der Waals surface area contributed by atoms with Crippen LogP contribution in [-0.4, -0.2) is 18.1 Å². The summed E-state index contributed by atoms with van der Waals surface area (Å²) in [5.41, 5.74) is 1.15. The number of hydrogen-bond donors (Lipinski definition) is 1. The number of rotatable bonds is 5. The number of halogens is 3. The summed E-state index contributed by atoms with van der Waals surface area (Å²) in [7, 11) is 1.34. The molecule has 4 nitrogen and oxygen atoms in total. The predicted octanol–water partition coefficient (Wildman–Crippen LogP) is 4.44. The normalized spacial score (nSPS) is 10.5. The highest BCUT2D eigenvalue weighted by Crippen LogP contribution is 2.34. The number of aryl methyl sites for hydroxylation is 1. The topological polar surface area (TPSA) is 51.2 Å². The molecule has 0 unspecified atom stereocenters. The SMILES string of the molecule is COC(=O)CCc1csc(Nc2c(Cl)cc(F)cc2Cl)n1. The van der Waals surface area contributed by atoms with Crippen LogP contribution in [0.3, 0.4) is 0 Å². The Balaban J connectivity index is 2.08. The Kier molecular flexibility index (Phi) is 5.39. The first-order valence-corrected chi connectivity index (χ1v) is 7.56. The standard InChI is InChI=1S/C13H11Cl2FN2O2S/c1-20-11(19)3-2-8-6-21-13(17-8)18-12-9(14)4-7(16)5-10(12)15/h4-6H,2-3H2,1H3,(H,17,18). The number of benzene rings is 1. The number of carbonyl (C=O) groups is 1. The van der Waals surface area contributed by atoms with E-state index in [0.29, 0.717) is 17.2 Å². The first-order valence-electron chi connectivity index (χ1n) is 5.92. The second kappa shape index (κ2) is 7.06. The lowest BCUT2D eigenvalue weighted by atomic mass is 10.2. The summed E-state index contributed by atoms with van der Waals surface area (Å²) < 4.78 is 17.7. The van der Waals surface area contributed by atoms with Crippen molar-refractivity contribution in [3.05, 3.63) is 39.1 Å². The number of nitrogens with one attached hydrogen (secondary N) is 1. The van der Waals surface area contributed by atoms with Gasteiger partial charge in [-0.2, -0.15) is 0 Å². The number of ether oxygens (including phenoxy) is 1. The van der Waals surface area contributed by atoms with Gasteiger partial charge in [0.25, 0.3) is 0 Å². The van der Waals surface area contributed by atoms with Gasteiger partial charge in [0.15, 0.2) is 5.13 Å². The molecule has 1 aromatic carbocycles. The minimum Gasteiger partial charge on any atom is -0.469 e. The van der Waals surface area contributed by atoms with Crippen molar-refractivity contribution in [2.75, 3.05) is 12.4 Å². The van der Waals surface area contributed by atoms with Crippen LogP contribution in [0.15, 0.2) is 17.5 Å². The van der Waals surface area contributed by atoms with Crippen molar-refractivity contribution < 1.29 is 13.9 Å². The molecule has 112 valence electrons. The van der Waals surface area contributed by atoms with Gasteiger partial charge in [-0.25, -0.2) is 9.37 Å². The first kappa shape index (κ1) is 16.0. The summed E-state index contributed by atoms with van der Waals surface area (Å²) >= 11 is 13.2. The van der Waals surface area contributed by atoms with Gasteiger partial charge in [0, 0.05) is 11.8 Å². The number of esters is 1. The van der Waals surface area contributed by atoms with E-state index in [-0.39, 0.29) is 22.4 Å². The van der Waals surface area contributed by atoms with Crippen molar-refractivity contribution in [2.45, 2.75) is 12.8 Å². The highest BCUT2D eigenvalue weighted by Gasteiger charge is 2.11. The summed E-state index contributed by atoms with van der Waals surface area (Å²) in [5.74, 6) is -0.796. The third kappa shape index (κ3) is 4.30. The quantitative estimate of drug-likeness (QED) is 0.811. The molecule has 2 rings (SSSR count). The minimum atomic E-state index is -0.506. The number of thiazole rings is 1. The van der Waals surface area contributed by atoms with E-state index in [1.165, 1.54) is 30.6 Å². The molecule has 0 aliphatic carbocycles. The van der Waals surface area contributed by atoms with Crippen molar-refractivity contribution in [3.63, 3.8) is 0 Å². The van der Waals surface area contributed by atoms with Crippen molar-refractivity contribution >= 4 is 51.3 Å². The number of aromatic nitrogens is 1. The molecule has 21 heavy (non-hydrogen) atoms. The van der Waals surface area contributed by atoms with Crippen LogP contribution in [0.4, 0.5) is 15.2 Å². The molecular formula is C13H11Cl2FN2O2S. The highest BCUT2D eigenvalue weighted by molar-refractivity contribution is 7.13. The lowest BCUT2D eigenvalue weighted by Crippen LogP contribution is -2.02. The third-order valence-electron chi connectivity index (χ3n) is 2.60. The van der Waals surface area contributed by atoms with Crippen LogP contribution in [0.5, 0.6) is 0 Å². The smallest absolute Gasteiger partial charge is 0.305 e. The fourth-order valence-corrected chi connectivity index (χ4v) is 2.88. The van der Waals surface area contributed by atoms with Gasteiger partial charge < -0.3 is 10.1 Å². The number of nitrogens with zero attached hydrogens (tertiary/aromatic N) is 1. The van der Waals surface area contributed by atoms with Crippen LogP contribution in [-0.2, 0) is 16.0 Å². The lowest BCUT2D eigenvalue weighted by molar-refractivity contribution is -0.140. The van der Waals surface area contributed by atoms with Gasteiger partial charge in [-0.1, -0.05) is 23.2 Å². The summed E-state index contributed by atoms with van der Waals surface area (Å²) in [5, 5.41) is 5.67. The highest BCUT2D eigenvalue weighted by atomic mass is 35.5. The average molecular weight is 349 g/mol. The molecule has 0 atom stereocenters. The second-order valence-corrected chi connectivity index (χ2v) is 5.76. The van der Waals surface area contributed by atoms with E-state index in [9.17, 15) is 9.18 Å². The molecule has 1 aromatic heterocycles. The van der Waals surface area contributed by atoms with E-state index in [4.69, 9.17) is 23.2 Å². The van der Waals surface area contributed by atoms with Gasteiger partial charge in [0.1, 0.15) is 5.82 Å². The van der Waals surface area contributed by atoms with Crippen LogP contribution in [0.1, 0.15) is 12.1 Å². The molecule has 1 heterocycles. The molecule has 0 saturated heterocycles. The minimum absolute atomic E-state index is 0.173. The Bertz CT molecular complexity index is 640. The van der Waals surface area contributed by atoms with Crippen LogP contribution >= 0.6 is 34.5 Å². The predicted molar refractivity (Wildman–Crippen MR) is 82.2 cm³/mol. The van der Waals surface area contributed by atoms with Gasteiger partial charge in [0.05, 0.1) is 35.0 Å². The molecule has 0 bridgehead atoms. The van der Waals surface area contributed by atoms with Crippen molar-refractivity contribution in [1.29, 1.82) is 0 Å². The van der Waals surface area contributed by atoms with E-state index >= 15 is 0 Å². The van der Waals surface area contributed by atoms with Gasteiger partial charge >= 0.3 is 5.97 Å². The monoisotopic (exact) mass is 348 g/mol. The number of anilines is 2. The van der Waals surface area contributed by atoms with Crippen molar-refractivity contribution in [1.82, 2.24) is 4.98 Å². The van der Waals surface area contributed by atoms with Gasteiger partial charge in [-0.3, -0.25) is 4.79 Å². The molecule has 0 aliphatic rings. The third-order valence-corrected chi connectivity index (χ3v) is 4.01. The van der Waals surface area contributed by atoms with Gasteiger partial charge in [-0.05, 0) is 12.1 Å². The molecule has 0 aliphatic heterocycles. The fraction of sp³-hybridized carbons (Fsp3) is 0.231. The van der Waals surface area contributed by atoms with Crippen LogP contribution in [0, 0.1) is 5.82 Å². The summed E-state index contributed by atoms with van der Waals surface area (Å²) in [4.78, 5) is 15.4. The Morgan fingerprint density at radius 3 is 2.71 bits per heavy atom. The summed E-state index contributed by atoms with van der Waals surface area (Å²) in [6.07, 6.45) is 0.744. The summed E-state index contributed by atoms with van der Waals surface area (Å²) in [6, 6.07) is 2.34. The van der Waals surface area contributed by atoms with E-state index in [1.54, 1.807) is 0 Å². The van der Waals surface area contributed by atoms with Crippen LogP contribution < -0.4 is 5.32 Å². The number of methoxy groups -OCH3 is 1. The molecule has 0 spiro atoms. The van der Waals surface area contributed by atoms with E-state index in [1.807, 2.05) is 5.38 Å².